The fraction of sp³-hybridized carbons (Fsp3) is 0.625. The van der Waals surface area contributed by atoms with E-state index in [4.69, 9.17) is 18.9 Å². The first-order chi connectivity index (χ1) is 16.5. The highest BCUT2D eigenvalue weighted by molar-refractivity contribution is 7.89. The Balaban J connectivity index is 2.06. The topological polar surface area (TPSA) is 124 Å². The molecule has 35 heavy (non-hydrogen) atoms. The number of benzene rings is 1. The van der Waals surface area contributed by atoms with E-state index in [0.717, 1.165) is 4.31 Å². The number of allylic oxidation sites excluding steroid dienone is 1. The van der Waals surface area contributed by atoms with Crippen LogP contribution in [0.15, 0.2) is 41.0 Å². The highest BCUT2D eigenvalue weighted by Gasteiger charge is 2.34. The summed E-state index contributed by atoms with van der Waals surface area (Å²) >= 11 is 0. The number of ether oxygens (including phenoxy) is 4. The van der Waals surface area contributed by atoms with Gasteiger partial charge >= 0.3 is 0 Å². The third-order valence-electron chi connectivity index (χ3n) is 5.68. The fourth-order valence-corrected chi connectivity index (χ4v) is 4.94. The number of sulfonamides is 1. The minimum Gasteiger partial charge on any atom is -0.497 e. The van der Waals surface area contributed by atoms with Crippen molar-refractivity contribution in [2.45, 2.75) is 38.4 Å². The monoisotopic (exact) mass is 514 g/mol. The van der Waals surface area contributed by atoms with Crippen LogP contribution in [0.1, 0.15) is 27.2 Å². The Morgan fingerprint density at radius 3 is 2.43 bits per heavy atom. The Morgan fingerprint density at radius 1 is 1.17 bits per heavy atom. The van der Waals surface area contributed by atoms with Crippen molar-refractivity contribution in [3.05, 3.63) is 36.1 Å². The van der Waals surface area contributed by atoms with Gasteiger partial charge in [0.05, 0.1) is 31.8 Å². The van der Waals surface area contributed by atoms with Crippen molar-refractivity contribution in [1.29, 1.82) is 0 Å². The summed E-state index contributed by atoms with van der Waals surface area (Å²) in [5.74, 6) is 0.379. The summed E-state index contributed by atoms with van der Waals surface area (Å²) in [7, 11) is -0.800. The molecule has 1 aliphatic rings. The summed E-state index contributed by atoms with van der Waals surface area (Å²) in [4.78, 5) is 12.6. The van der Waals surface area contributed by atoms with Crippen LogP contribution >= 0.6 is 0 Å². The molecule has 1 amide bonds. The summed E-state index contributed by atoms with van der Waals surface area (Å²) in [5, 5.41) is 12.2. The van der Waals surface area contributed by atoms with Gasteiger partial charge in [-0.05, 0) is 41.7 Å². The number of hydrogen-bond acceptors (Lipinski definition) is 8. The molecule has 0 aliphatic carbocycles. The zero-order valence-corrected chi connectivity index (χ0v) is 22.0. The third kappa shape index (κ3) is 8.46. The number of hydrogen-bond donors (Lipinski definition) is 2. The maximum atomic E-state index is 13.1. The highest BCUT2D eigenvalue weighted by Crippen LogP contribution is 2.36. The summed E-state index contributed by atoms with van der Waals surface area (Å²) in [6, 6.07) is 6.04. The van der Waals surface area contributed by atoms with Gasteiger partial charge in [0.1, 0.15) is 5.75 Å². The molecule has 1 aliphatic heterocycles. The molecule has 0 fully saturated rings. The lowest BCUT2D eigenvalue weighted by molar-refractivity contribution is -0.153. The maximum absolute atomic E-state index is 13.1. The molecule has 1 aromatic rings. The van der Waals surface area contributed by atoms with Crippen molar-refractivity contribution in [2.24, 2.45) is 11.3 Å². The van der Waals surface area contributed by atoms with E-state index in [2.05, 4.69) is 26.1 Å². The highest BCUT2D eigenvalue weighted by atomic mass is 32.2. The van der Waals surface area contributed by atoms with E-state index in [1.165, 1.54) is 19.2 Å². The minimum absolute atomic E-state index is 0.00799. The van der Waals surface area contributed by atoms with Gasteiger partial charge in [-0.15, -0.1) is 0 Å². The summed E-state index contributed by atoms with van der Waals surface area (Å²) in [6.45, 7) is 6.55. The molecular weight excluding hydrogens is 476 g/mol. The third-order valence-corrected chi connectivity index (χ3v) is 7.59. The first kappa shape index (κ1) is 29.1. The van der Waals surface area contributed by atoms with E-state index in [-0.39, 0.29) is 54.2 Å². The van der Waals surface area contributed by atoms with Crippen LogP contribution in [-0.2, 0) is 29.0 Å². The molecule has 1 heterocycles. The number of carbonyl (C=O) groups is 1. The average molecular weight is 515 g/mol. The van der Waals surface area contributed by atoms with Gasteiger partial charge < -0.3 is 29.4 Å². The van der Waals surface area contributed by atoms with Gasteiger partial charge in [-0.25, -0.2) is 8.42 Å². The fourth-order valence-electron chi connectivity index (χ4n) is 3.52. The lowest BCUT2D eigenvalue weighted by atomic mass is 9.77. The van der Waals surface area contributed by atoms with Crippen molar-refractivity contribution in [1.82, 2.24) is 9.62 Å². The zero-order valence-electron chi connectivity index (χ0n) is 21.2. The summed E-state index contributed by atoms with van der Waals surface area (Å²) in [5.41, 5.74) is -0.135. The molecule has 0 unspecified atom stereocenters. The summed E-state index contributed by atoms with van der Waals surface area (Å²) < 4.78 is 49.0. The Bertz CT molecular complexity index is 941. The quantitative estimate of drug-likeness (QED) is 0.382. The molecule has 0 spiro atoms. The van der Waals surface area contributed by atoms with Crippen LogP contribution in [0.4, 0.5) is 0 Å². The second kappa shape index (κ2) is 13.2. The Hall–Kier alpha value is -2.18. The number of aliphatic hydroxyl groups is 1. The standard InChI is InChI=1S/C24H38N2O8S/c1-24(2,3)18-16-21(23(28)25-10-14-31-4)34-22(17-18)33-15-12-26(11-13-27)35(29,30)20-8-6-19(32-5)7-9-20/h6-9,16,18,22,27H,10-15,17H2,1-5H3,(H,25,28)/t18-,22+/m1/s1. The molecule has 10 nitrogen and oxygen atoms in total. The molecule has 2 N–H and O–H groups in total. The van der Waals surface area contributed by atoms with Crippen LogP contribution < -0.4 is 10.1 Å². The first-order valence-corrected chi connectivity index (χ1v) is 13.0. The molecule has 11 heteroatoms. The van der Waals surface area contributed by atoms with Crippen molar-refractivity contribution in [2.75, 3.05) is 53.7 Å². The number of aliphatic hydroxyl groups excluding tert-OH is 1. The Morgan fingerprint density at radius 2 is 1.86 bits per heavy atom. The second-order valence-corrected chi connectivity index (χ2v) is 11.1. The number of nitrogens with zero attached hydrogens (tertiary/aromatic N) is 1. The molecule has 0 saturated carbocycles. The zero-order chi connectivity index (χ0) is 26.1. The predicted molar refractivity (Wildman–Crippen MR) is 130 cm³/mol. The number of methoxy groups -OCH3 is 2. The van der Waals surface area contributed by atoms with E-state index < -0.39 is 16.3 Å². The maximum Gasteiger partial charge on any atom is 0.286 e. The largest absolute Gasteiger partial charge is 0.497 e. The molecule has 0 aromatic heterocycles. The van der Waals surface area contributed by atoms with Gasteiger partial charge in [0, 0.05) is 33.2 Å². The van der Waals surface area contributed by atoms with Crippen LogP contribution in [-0.4, -0.2) is 83.7 Å². The van der Waals surface area contributed by atoms with Crippen LogP contribution in [0.25, 0.3) is 0 Å². The van der Waals surface area contributed by atoms with Gasteiger partial charge in [-0.1, -0.05) is 20.8 Å². The van der Waals surface area contributed by atoms with Crippen molar-refractivity contribution in [3.8, 4) is 5.75 Å². The van der Waals surface area contributed by atoms with E-state index in [1.807, 2.05) is 6.08 Å². The molecule has 0 radical (unpaired) electrons. The second-order valence-electron chi connectivity index (χ2n) is 9.21. The van der Waals surface area contributed by atoms with Crippen molar-refractivity contribution < 1.29 is 37.3 Å². The van der Waals surface area contributed by atoms with Gasteiger partial charge in [0.25, 0.3) is 5.91 Å². The molecule has 0 bridgehead atoms. The van der Waals surface area contributed by atoms with Crippen molar-refractivity contribution in [3.63, 3.8) is 0 Å². The smallest absolute Gasteiger partial charge is 0.286 e. The summed E-state index contributed by atoms with van der Waals surface area (Å²) in [6.07, 6.45) is 1.62. The number of carbonyl (C=O) groups excluding carboxylic acids is 1. The number of amides is 1. The SMILES string of the molecule is COCCNC(=O)C1=C[C@@H](C(C)(C)C)C[C@@H](OCCN(CCO)S(=O)(=O)c2ccc(OC)cc2)O1. The number of nitrogens with one attached hydrogen (secondary N) is 1. The normalized spacial score (nSPS) is 18.7. The van der Waals surface area contributed by atoms with E-state index in [9.17, 15) is 18.3 Å². The van der Waals surface area contributed by atoms with Gasteiger partial charge in [-0.3, -0.25) is 4.79 Å². The lowest BCUT2D eigenvalue weighted by Crippen LogP contribution is -2.39. The van der Waals surface area contributed by atoms with Gasteiger partial charge in [0.15, 0.2) is 5.76 Å². The molecule has 2 atom stereocenters. The van der Waals surface area contributed by atoms with Crippen LogP contribution in [0.3, 0.4) is 0 Å². The predicted octanol–water partition coefficient (Wildman–Crippen LogP) is 1.75. The average Bonchev–Trinajstić information content (AvgIpc) is 2.82. The molecule has 1 aromatic carbocycles. The minimum atomic E-state index is -3.85. The van der Waals surface area contributed by atoms with E-state index in [0.29, 0.717) is 25.3 Å². The van der Waals surface area contributed by atoms with Crippen LogP contribution in [0.2, 0.25) is 0 Å². The van der Waals surface area contributed by atoms with E-state index >= 15 is 0 Å². The molecule has 0 saturated heterocycles. The van der Waals surface area contributed by atoms with Crippen LogP contribution in [0.5, 0.6) is 5.75 Å². The van der Waals surface area contributed by atoms with Gasteiger partial charge in [-0.2, -0.15) is 4.31 Å². The van der Waals surface area contributed by atoms with E-state index in [1.54, 1.807) is 19.2 Å². The number of rotatable bonds is 13. The van der Waals surface area contributed by atoms with Crippen LogP contribution in [0, 0.1) is 11.3 Å². The molecule has 198 valence electrons. The molecule has 2 rings (SSSR count). The Kier molecular flexibility index (Phi) is 11.0. The van der Waals surface area contributed by atoms with Gasteiger partial charge in [0.2, 0.25) is 16.3 Å². The molecular formula is C24H38N2O8S. The van der Waals surface area contributed by atoms with Crippen molar-refractivity contribution >= 4 is 15.9 Å². The lowest BCUT2D eigenvalue weighted by Gasteiger charge is -2.36. The first-order valence-electron chi connectivity index (χ1n) is 11.5. The Labute approximate surface area is 208 Å².